The maximum Gasteiger partial charge on any atom is 0.263 e. The molecule has 0 spiro atoms. The smallest absolute Gasteiger partial charge is 0.263 e. The van der Waals surface area contributed by atoms with Crippen LogP contribution in [0.4, 0.5) is 5.95 Å². The number of fused-ring (bicyclic) bond motifs is 1. The molecule has 0 unspecified atom stereocenters. The Hall–Kier alpha value is -2.96. The number of amides is 1. The van der Waals surface area contributed by atoms with E-state index in [1.165, 1.54) is 0 Å². The molecule has 7 heteroatoms. The molecule has 0 aliphatic heterocycles. The van der Waals surface area contributed by atoms with Gasteiger partial charge in [0, 0.05) is 18.4 Å². The number of nitrogens with zero attached hydrogens (tertiary/aromatic N) is 3. The molecule has 0 aromatic carbocycles. The number of pyridine rings is 2. The van der Waals surface area contributed by atoms with Gasteiger partial charge in [-0.3, -0.25) is 19.5 Å². The number of imidazole rings is 1. The molecule has 1 amide bonds. The molecule has 2 N–H and O–H groups in total. The third-order valence-corrected chi connectivity index (χ3v) is 4.24. The van der Waals surface area contributed by atoms with Gasteiger partial charge in [0.05, 0.1) is 0 Å². The highest BCUT2D eigenvalue weighted by atomic mass is 16.2. The molecular weight excluding hydrogens is 306 g/mol. The minimum absolute atomic E-state index is 0.0852. The van der Waals surface area contributed by atoms with Crippen LogP contribution in [0.3, 0.4) is 0 Å². The fraction of sp³-hybridized carbons (Fsp3) is 0.294. The molecule has 0 atom stereocenters. The standard InChI is InChI=1S/C17H17N5O2/c1-2-22-14-13(4-3-9-18-14)20-17(22)21-16(24)11-7-8-12(10-5-6-10)19-15(11)23/h3-4,7-10H,2,5-6H2,1H3,(H,19,23)(H,20,21,24). The van der Waals surface area contributed by atoms with Crippen molar-refractivity contribution in [3.8, 4) is 0 Å². The number of H-pyrrole nitrogens is 1. The Morgan fingerprint density at radius 3 is 2.92 bits per heavy atom. The fourth-order valence-electron chi connectivity index (χ4n) is 2.82. The predicted octanol–water partition coefficient (Wildman–Crippen LogP) is 2.27. The van der Waals surface area contributed by atoms with Crippen LogP contribution < -0.4 is 10.9 Å². The SMILES string of the molecule is CCn1c(NC(=O)c2ccc(C3CC3)[nH]c2=O)nc2cccnc21. The van der Waals surface area contributed by atoms with E-state index in [4.69, 9.17) is 0 Å². The Kier molecular flexibility index (Phi) is 3.41. The highest BCUT2D eigenvalue weighted by Gasteiger charge is 2.25. The molecule has 24 heavy (non-hydrogen) atoms. The first-order chi connectivity index (χ1) is 11.7. The highest BCUT2D eigenvalue weighted by molar-refractivity contribution is 6.03. The molecule has 7 nitrogen and oxygen atoms in total. The van der Waals surface area contributed by atoms with Gasteiger partial charge in [0.15, 0.2) is 5.65 Å². The summed E-state index contributed by atoms with van der Waals surface area (Å²) in [5.41, 5.74) is 2.03. The van der Waals surface area contributed by atoms with Crippen molar-refractivity contribution in [2.75, 3.05) is 5.32 Å². The summed E-state index contributed by atoms with van der Waals surface area (Å²) < 4.78 is 1.81. The predicted molar refractivity (Wildman–Crippen MR) is 90.2 cm³/mol. The number of hydrogen-bond acceptors (Lipinski definition) is 4. The lowest BCUT2D eigenvalue weighted by atomic mass is 10.2. The average molecular weight is 323 g/mol. The molecule has 1 fully saturated rings. The van der Waals surface area contributed by atoms with E-state index < -0.39 is 5.91 Å². The van der Waals surface area contributed by atoms with E-state index in [0.29, 0.717) is 29.6 Å². The second kappa shape index (κ2) is 5.59. The van der Waals surface area contributed by atoms with Crippen molar-refractivity contribution >= 4 is 23.0 Å². The van der Waals surface area contributed by atoms with Crippen LogP contribution in [0.1, 0.15) is 41.7 Å². The van der Waals surface area contributed by atoms with Crippen molar-refractivity contribution in [3.05, 3.63) is 52.1 Å². The van der Waals surface area contributed by atoms with Gasteiger partial charge in [-0.1, -0.05) is 0 Å². The van der Waals surface area contributed by atoms with E-state index in [9.17, 15) is 9.59 Å². The van der Waals surface area contributed by atoms with E-state index >= 15 is 0 Å². The number of rotatable bonds is 4. The first kappa shape index (κ1) is 14.6. The van der Waals surface area contributed by atoms with Gasteiger partial charge in [-0.2, -0.15) is 0 Å². The lowest BCUT2D eigenvalue weighted by Gasteiger charge is -2.07. The first-order valence-electron chi connectivity index (χ1n) is 8.03. The zero-order valence-corrected chi connectivity index (χ0v) is 13.2. The molecule has 3 aromatic heterocycles. The van der Waals surface area contributed by atoms with Crippen LogP contribution >= 0.6 is 0 Å². The summed E-state index contributed by atoms with van der Waals surface area (Å²) in [6.45, 7) is 2.56. The largest absolute Gasteiger partial charge is 0.325 e. The molecule has 1 aliphatic carbocycles. The minimum atomic E-state index is -0.469. The van der Waals surface area contributed by atoms with Crippen LogP contribution in [-0.2, 0) is 6.54 Å². The van der Waals surface area contributed by atoms with E-state index in [1.54, 1.807) is 22.9 Å². The Balaban J connectivity index is 1.65. The van der Waals surface area contributed by atoms with Crippen molar-refractivity contribution in [1.29, 1.82) is 0 Å². The molecule has 1 saturated carbocycles. The zero-order chi connectivity index (χ0) is 16.7. The van der Waals surface area contributed by atoms with E-state index in [0.717, 1.165) is 18.5 Å². The van der Waals surface area contributed by atoms with Gasteiger partial charge in [0.2, 0.25) is 5.95 Å². The molecule has 3 aromatic rings. The monoisotopic (exact) mass is 323 g/mol. The number of aromatic nitrogens is 4. The molecule has 3 heterocycles. The summed E-state index contributed by atoms with van der Waals surface area (Å²) >= 11 is 0. The highest BCUT2D eigenvalue weighted by Crippen LogP contribution is 2.38. The van der Waals surface area contributed by atoms with Crippen molar-refractivity contribution < 1.29 is 4.79 Å². The Labute approximate surface area is 137 Å². The molecular formula is C17H17N5O2. The normalized spacial score (nSPS) is 14.0. The lowest BCUT2D eigenvalue weighted by Crippen LogP contribution is -2.25. The first-order valence-corrected chi connectivity index (χ1v) is 8.03. The molecule has 4 rings (SSSR count). The number of aromatic amines is 1. The number of anilines is 1. The van der Waals surface area contributed by atoms with Gasteiger partial charge >= 0.3 is 0 Å². The maximum atomic E-state index is 12.5. The van der Waals surface area contributed by atoms with Crippen LogP contribution in [-0.4, -0.2) is 25.4 Å². The molecule has 1 aliphatic rings. The quantitative estimate of drug-likeness (QED) is 0.770. The number of hydrogen-bond donors (Lipinski definition) is 2. The van der Waals surface area contributed by atoms with Gasteiger partial charge in [-0.25, -0.2) is 9.97 Å². The summed E-state index contributed by atoms with van der Waals surface area (Å²) in [6.07, 6.45) is 3.87. The summed E-state index contributed by atoms with van der Waals surface area (Å²) in [6, 6.07) is 7.03. The zero-order valence-electron chi connectivity index (χ0n) is 13.2. The van der Waals surface area contributed by atoms with Crippen molar-refractivity contribution in [3.63, 3.8) is 0 Å². The van der Waals surface area contributed by atoms with Gasteiger partial charge < -0.3 is 4.98 Å². The van der Waals surface area contributed by atoms with Crippen LogP contribution in [0.2, 0.25) is 0 Å². The topological polar surface area (TPSA) is 92.7 Å². The second-order valence-electron chi connectivity index (χ2n) is 5.91. The summed E-state index contributed by atoms with van der Waals surface area (Å²) in [5, 5.41) is 2.73. The Morgan fingerprint density at radius 1 is 1.38 bits per heavy atom. The van der Waals surface area contributed by atoms with Crippen molar-refractivity contribution in [2.45, 2.75) is 32.2 Å². The molecule has 0 radical (unpaired) electrons. The average Bonchev–Trinajstić information content (AvgIpc) is 3.36. The van der Waals surface area contributed by atoms with Gasteiger partial charge in [0.1, 0.15) is 11.1 Å². The second-order valence-corrected chi connectivity index (χ2v) is 5.91. The van der Waals surface area contributed by atoms with E-state index in [-0.39, 0.29) is 11.1 Å². The van der Waals surface area contributed by atoms with Crippen LogP contribution in [0.5, 0.6) is 0 Å². The van der Waals surface area contributed by atoms with E-state index in [1.807, 2.05) is 19.1 Å². The Bertz CT molecular complexity index is 984. The number of aryl methyl sites for hydroxylation is 1. The Morgan fingerprint density at radius 2 is 2.21 bits per heavy atom. The minimum Gasteiger partial charge on any atom is -0.325 e. The van der Waals surface area contributed by atoms with Gasteiger partial charge in [0.25, 0.3) is 11.5 Å². The third kappa shape index (κ3) is 2.47. The molecule has 122 valence electrons. The summed E-state index contributed by atoms with van der Waals surface area (Å²) in [5.74, 6) is 0.357. The van der Waals surface area contributed by atoms with Gasteiger partial charge in [-0.15, -0.1) is 0 Å². The summed E-state index contributed by atoms with van der Waals surface area (Å²) in [4.78, 5) is 36.1. The van der Waals surface area contributed by atoms with Crippen molar-refractivity contribution in [2.24, 2.45) is 0 Å². The third-order valence-electron chi connectivity index (χ3n) is 4.24. The van der Waals surface area contributed by atoms with Crippen LogP contribution in [0, 0.1) is 0 Å². The van der Waals surface area contributed by atoms with Gasteiger partial charge in [-0.05, 0) is 49.9 Å². The van der Waals surface area contributed by atoms with E-state index in [2.05, 4.69) is 20.3 Å². The molecule has 0 bridgehead atoms. The lowest BCUT2D eigenvalue weighted by molar-refractivity contribution is 0.102. The fourth-order valence-corrected chi connectivity index (χ4v) is 2.82. The molecule has 0 saturated heterocycles. The van der Waals surface area contributed by atoms with Crippen molar-refractivity contribution in [1.82, 2.24) is 19.5 Å². The number of carbonyl (C=O) groups is 1. The summed E-state index contributed by atoms with van der Waals surface area (Å²) in [7, 11) is 0. The van der Waals surface area contributed by atoms with Crippen LogP contribution in [0.25, 0.3) is 11.2 Å². The van der Waals surface area contributed by atoms with Crippen LogP contribution in [0.15, 0.2) is 35.3 Å². The number of nitrogens with one attached hydrogen (secondary N) is 2. The maximum absolute atomic E-state index is 12.5. The number of carbonyl (C=O) groups excluding carboxylic acids is 1.